The van der Waals surface area contributed by atoms with Crippen LogP contribution in [0.4, 0.5) is 0 Å². The molecule has 94 valence electrons. The van der Waals surface area contributed by atoms with E-state index in [-0.39, 0.29) is 0 Å². The quantitative estimate of drug-likeness (QED) is 0.891. The minimum absolute atomic E-state index is 0.647. The van der Waals surface area contributed by atoms with E-state index in [1.54, 1.807) is 0 Å². The maximum Gasteiger partial charge on any atom is 0.115 e. The zero-order valence-corrected chi connectivity index (χ0v) is 12.2. The maximum atomic E-state index is 11.0. The Labute approximate surface area is 117 Å². The Kier molecular flexibility index (Phi) is 3.88. The fraction of sp³-hybridized carbons (Fsp3) is 0.250. The van der Waals surface area contributed by atoms with Crippen molar-refractivity contribution in [3.8, 4) is 0 Å². The SMILES string of the molecule is CCC(O)(c1cccc(Br)c1)c1ccccc1C. The minimum Gasteiger partial charge on any atom is -0.380 e. The molecule has 2 aromatic carbocycles. The molecule has 0 spiro atoms. The van der Waals surface area contributed by atoms with Crippen molar-refractivity contribution in [1.82, 2.24) is 0 Å². The highest BCUT2D eigenvalue weighted by molar-refractivity contribution is 9.10. The lowest BCUT2D eigenvalue weighted by molar-refractivity contribution is 0.0758. The lowest BCUT2D eigenvalue weighted by atomic mass is 9.82. The van der Waals surface area contributed by atoms with Crippen LogP contribution in [-0.4, -0.2) is 5.11 Å². The molecule has 2 aromatic rings. The lowest BCUT2D eigenvalue weighted by Gasteiger charge is -2.29. The monoisotopic (exact) mass is 304 g/mol. The van der Waals surface area contributed by atoms with Crippen LogP contribution in [0.5, 0.6) is 0 Å². The van der Waals surface area contributed by atoms with E-state index in [4.69, 9.17) is 0 Å². The first kappa shape index (κ1) is 13.3. The number of aryl methyl sites for hydroxylation is 1. The van der Waals surface area contributed by atoms with Gasteiger partial charge in [-0.05, 0) is 42.2 Å². The highest BCUT2D eigenvalue weighted by atomic mass is 79.9. The molecule has 0 amide bonds. The third kappa shape index (κ3) is 2.36. The molecule has 2 rings (SSSR count). The minimum atomic E-state index is -0.922. The summed E-state index contributed by atoms with van der Waals surface area (Å²) in [5, 5.41) is 11.0. The molecule has 1 nitrogen and oxygen atoms in total. The van der Waals surface area contributed by atoms with Crippen molar-refractivity contribution in [2.24, 2.45) is 0 Å². The summed E-state index contributed by atoms with van der Waals surface area (Å²) in [6.45, 7) is 4.04. The van der Waals surface area contributed by atoms with Gasteiger partial charge in [-0.2, -0.15) is 0 Å². The molecule has 0 aromatic heterocycles. The van der Waals surface area contributed by atoms with E-state index in [9.17, 15) is 5.11 Å². The van der Waals surface area contributed by atoms with Crippen molar-refractivity contribution in [1.29, 1.82) is 0 Å². The predicted molar refractivity (Wildman–Crippen MR) is 78.6 cm³/mol. The van der Waals surface area contributed by atoms with Gasteiger partial charge in [-0.15, -0.1) is 0 Å². The smallest absolute Gasteiger partial charge is 0.115 e. The summed E-state index contributed by atoms with van der Waals surface area (Å²) in [7, 11) is 0. The largest absolute Gasteiger partial charge is 0.380 e. The number of benzene rings is 2. The molecule has 0 bridgehead atoms. The van der Waals surface area contributed by atoms with Crippen LogP contribution in [0.15, 0.2) is 53.0 Å². The zero-order valence-electron chi connectivity index (χ0n) is 10.7. The van der Waals surface area contributed by atoms with Crippen LogP contribution in [0, 0.1) is 6.92 Å². The second kappa shape index (κ2) is 5.25. The Balaban J connectivity index is 2.59. The average molecular weight is 305 g/mol. The van der Waals surface area contributed by atoms with E-state index in [0.29, 0.717) is 6.42 Å². The molecule has 1 atom stereocenters. The Bertz CT molecular complexity index is 550. The Morgan fingerprint density at radius 3 is 2.44 bits per heavy atom. The number of rotatable bonds is 3. The first-order valence-electron chi connectivity index (χ1n) is 6.12. The number of halogens is 1. The Hall–Kier alpha value is -1.12. The molecule has 0 saturated carbocycles. The van der Waals surface area contributed by atoms with Crippen LogP contribution in [-0.2, 0) is 5.60 Å². The first-order valence-corrected chi connectivity index (χ1v) is 6.91. The van der Waals surface area contributed by atoms with Crippen molar-refractivity contribution in [2.75, 3.05) is 0 Å². The van der Waals surface area contributed by atoms with Crippen LogP contribution in [0.1, 0.15) is 30.0 Å². The van der Waals surface area contributed by atoms with Crippen molar-refractivity contribution in [3.63, 3.8) is 0 Å². The van der Waals surface area contributed by atoms with Gasteiger partial charge in [0.25, 0.3) is 0 Å². The van der Waals surface area contributed by atoms with Gasteiger partial charge in [0.05, 0.1) is 0 Å². The van der Waals surface area contributed by atoms with Crippen LogP contribution < -0.4 is 0 Å². The fourth-order valence-electron chi connectivity index (χ4n) is 2.33. The highest BCUT2D eigenvalue weighted by Gasteiger charge is 2.30. The van der Waals surface area contributed by atoms with E-state index >= 15 is 0 Å². The second-order valence-electron chi connectivity index (χ2n) is 4.54. The van der Waals surface area contributed by atoms with E-state index in [2.05, 4.69) is 15.9 Å². The fourth-order valence-corrected chi connectivity index (χ4v) is 2.73. The van der Waals surface area contributed by atoms with Gasteiger partial charge in [0.1, 0.15) is 5.60 Å². The second-order valence-corrected chi connectivity index (χ2v) is 5.45. The summed E-state index contributed by atoms with van der Waals surface area (Å²) in [4.78, 5) is 0. The van der Waals surface area contributed by atoms with Crippen molar-refractivity contribution in [2.45, 2.75) is 25.9 Å². The molecule has 0 aliphatic rings. The summed E-state index contributed by atoms with van der Waals surface area (Å²) >= 11 is 3.46. The summed E-state index contributed by atoms with van der Waals surface area (Å²) in [5.74, 6) is 0. The number of hydrogen-bond donors (Lipinski definition) is 1. The zero-order chi connectivity index (χ0) is 13.2. The summed E-state index contributed by atoms with van der Waals surface area (Å²) < 4.78 is 0.987. The third-order valence-electron chi connectivity index (χ3n) is 3.40. The van der Waals surface area contributed by atoms with E-state index in [1.807, 2.05) is 62.4 Å². The topological polar surface area (TPSA) is 20.2 Å². The predicted octanol–water partition coefficient (Wildman–Crippen LogP) is 4.40. The van der Waals surface area contributed by atoms with Crippen molar-refractivity contribution in [3.05, 3.63) is 69.7 Å². The Morgan fingerprint density at radius 2 is 1.83 bits per heavy atom. The summed E-state index contributed by atoms with van der Waals surface area (Å²) in [6, 6.07) is 15.9. The normalized spacial score (nSPS) is 14.2. The summed E-state index contributed by atoms with van der Waals surface area (Å²) in [5.41, 5.74) is 2.09. The van der Waals surface area contributed by atoms with Crippen molar-refractivity contribution < 1.29 is 5.11 Å². The molecule has 0 radical (unpaired) electrons. The van der Waals surface area contributed by atoms with Gasteiger partial charge in [0.2, 0.25) is 0 Å². The van der Waals surface area contributed by atoms with E-state index < -0.39 is 5.60 Å². The average Bonchev–Trinajstić information content (AvgIpc) is 2.38. The van der Waals surface area contributed by atoms with Gasteiger partial charge in [-0.1, -0.05) is 59.3 Å². The molecule has 0 saturated heterocycles. The van der Waals surface area contributed by atoms with Gasteiger partial charge < -0.3 is 5.11 Å². The maximum absolute atomic E-state index is 11.0. The molecule has 1 N–H and O–H groups in total. The summed E-state index contributed by atoms with van der Waals surface area (Å²) in [6.07, 6.45) is 0.647. The van der Waals surface area contributed by atoms with Crippen LogP contribution in [0.2, 0.25) is 0 Å². The van der Waals surface area contributed by atoms with Crippen molar-refractivity contribution >= 4 is 15.9 Å². The van der Waals surface area contributed by atoms with Crippen LogP contribution >= 0.6 is 15.9 Å². The van der Waals surface area contributed by atoms with Gasteiger partial charge in [0.15, 0.2) is 0 Å². The van der Waals surface area contributed by atoms with E-state index in [0.717, 1.165) is 21.2 Å². The Morgan fingerprint density at radius 1 is 1.11 bits per heavy atom. The lowest BCUT2D eigenvalue weighted by Crippen LogP contribution is -2.27. The van der Waals surface area contributed by atoms with Gasteiger partial charge in [-0.25, -0.2) is 0 Å². The molecule has 0 aliphatic carbocycles. The molecule has 18 heavy (non-hydrogen) atoms. The van der Waals surface area contributed by atoms with E-state index in [1.165, 1.54) is 0 Å². The van der Waals surface area contributed by atoms with Crippen LogP contribution in [0.25, 0.3) is 0 Å². The van der Waals surface area contributed by atoms with Gasteiger partial charge in [-0.3, -0.25) is 0 Å². The van der Waals surface area contributed by atoms with Crippen LogP contribution in [0.3, 0.4) is 0 Å². The molecule has 2 heteroatoms. The standard InChI is InChI=1S/C16H17BrO/c1-3-16(18,13-8-6-9-14(17)11-13)15-10-5-4-7-12(15)2/h4-11,18H,3H2,1-2H3. The molecule has 0 fully saturated rings. The third-order valence-corrected chi connectivity index (χ3v) is 3.90. The first-order chi connectivity index (χ1) is 8.58. The number of aliphatic hydroxyl groups is 1. The number of hydrogen-bond acceptors (Lipinski definition) is 1. The molecule has 0 heterocycles. The molecule has 1 unspecified atom stereocenters. The van der Waals surface area contributed by atoms with Gasteiger partial charge >= 0.3 is 0 Å². The molecule has 0 aliphatic heterocycles. The molecular formula is C16H17BrO. The van der Waals surface area contributed by atoms with Gasteiger partial charge in [0, 0.05) is 4.47 Å². The highest BCUT2D eigenvalue weighted by Crippen LogP contribution is 2.35. The molecular weight excluding hydrogens is 288 g/mol.